The second-order valence-corrected chi connectivity index (χ2v) is 5.23. The lowest BCUT2D eigenvalue weighted by Crippen LogP contribution is -2.22. The topological polar surface area (TPSA) is 25.2 Å². The summed E-state index contributed by atoms with van der Waals surface area (Å²) in [6.45, 7) is 5.51. The molecule has 1 atom stereocenters. The average molecular weight is 302 g/mol. The zero-order chi connectivity index (χ0) is 12.5. The first-order valence-corrected chi connectivity index (χ1v) is 7.55. The lowest BCUT2D eigenvalue weighted by molar-refractivity contribution is 0.457. The van der Waals surface area contributed by atoms with E-state index in [2.05, 4.69) is 41.2 Å². The summed E-state index contributed by atoms with van der Waals surface area (Å²) >= 11 is 3.47. The van der Waals surface area contributed by atoms with E-state index in [9.17, 15) is 0 Å². The van der Waals surface area contributed by atoms with Crippen molar-refractivity contribution in [3.05, 3.63) is 22.6 Å². The smallest absolute Gasteiger partial charge is 0.173 e. The molecule has 0 spiro atoms. The van der Waals surface area contributed by atoms with Gasteiger partial charge in [0.1, 0.15) is 0 Å². The van der Waals surface area contributed by atoms with E-state index in [1.165, 1.54) is 44.1 Å². The Hall–Kier alpha value is -0.280. The van der Waals surface area contributed by atoms with Crippen LogP contribution in [0.3, 0.4) is 0 Å². The molecule has 0 saturated heterocycles. The first kappa shape index (κ1) is 14.8. The minimum Gasteiger partial charge on any atom is -0.457 e. The van der Waals surface area contributed by atoms with E-state index in [4.69, 9.17) is 4.42 Å². The van der Waals surface area contributed by atoms with Crippen LogP contribution in [0.25, 0.3) is 0 Å². The molecule has 1 aromatic heterocycles. The number of nitrogens with one attached hydrogen (secondary N) is 1. The van der Waals surface area contributed by atoms with Crippen molar-refractivity contribution in [2.75, 3.05) is 6.54 Å². The van der Waals surface area contributed by atoms with Crippen molar-refractivity contribution in [1.29, 1.82) is 0 Å². The Morgan fingerprint density at radius 3 is 2.65 bits per heavy atom. The van der Waals surface area contributed by atoms with Gasteiger partial charge in [-0.05, 0) is 41.4 Å². The summed E-state index contributed by atoms with van der Waals surface area (Å²) in [5.74, 6) is 0. The van der Waals surface area contributed by atoms with E-state index >= 15 is 0 Å². The Labute approximate surface area is 113 Å². The van der Waals surface area contributed by atoms with Crippen LogP contribution in [0.4, 0.5) is 0 Å². The summed E-state index contributed by atoms with van der Waals surface area (Å²) in [5, 5.41) is 3.60. The zero-order valence-corrected chi connectivity index (χ0v) is 12.6. The van der Waals surface area contributed by atoms with Crippen LogP contribution in [0, 0.1) is 0 Å². The molecule has 2 nitrogen and oxygen atoms in total. The third kappa shape index (κ3) is 5.26. The van der Waals surface area contributed by atoms with Gasteiger partial charge in [-0.3, -0.25) is 0 Å². The number of halogens is 1. The fourth-order valence-electron chi connectivity index (χ4n) is 2.02. The van der Waals surface area contributed by atoms with Gasteiger partial charge in [0, 0.05) is 11.6 Å². The largest absolute Gasteiger partial charge is 0.457 e. The Balaban J connectivity index is 2.46. The van der Waals surface area contributed by atoms with E-state index in [0.29, 0.717) is 6.04 Å². The van der Waals surface area contributed by atoms with Crippen LogP contribution in [-0.2, 0) is 0 Å². The normalized spacial score (nSPS) is 12.9. The number of furan rings is 1. The van der Waals surface area contributed by atoms with E-state index in [0.717, 1.165) is 11.2 Å². The monoisotopic (exact) mass is 301 g/mol. The number of hydrogen-bond acceptors (Lipinski definition) is 2. The SMILES string of the molecule is CCCCCCC(NCCC)c1ccoc1Br. The molecule has 1 unspecified atom stereocenters. The fourth-order valence-corrected chi connectivity index (χ4v) is 2.53. The summed E-state index contributed by atoms with van der Waals surface area (Å²) in [6, 6.07) is 2.50. The van der Waals surface area contributed by atoms with Crippen LogP contribution >= 0.6 is 15.9 Å². The number of unbranched alkanes of at least 4 members (excludes halogenated alkanes) is 3. The summed E-state index contributed by atoms with van der Waals surface area (Å²) in [7, 11) is 0. The maximum absolute atomic E-state index is 5.33. The first-order chi connectivity index (χ1) is 8.29. The predicted molar refractivity (Wildman–Crippen MR) is 76.2 cm³/mol. The van der Waals surface area contributed by atoms with Crippen LogP contribution in [0.15, 0.2) is 21.4 Å². The van der Waals surface area contributed by atoms with Gasteiger partial charge in [-0.25, -0.2) is 0 Å². The zero-order valence-electron chi connectivity index (χ0n) is 11.0. The molecule has 0 fully saturated rings. The second kappa shape index (κ2) is 8.76. The molecule has 98 valence electrons. The molecule has 0 saturated carbocycles. The molecular weight excluding hydrogens is 278 g/mol. The number of rotatable bonds is 9. The minimum absolute atomic E-state index is 0.430. The van der Waals surface area contributed by atoms with E-state index in [-0.39, 0.29) is 0 Å². The number of hydrogen-bond donors (Lipinski definition) is 1. The minimum atomic E-state index is 0.430. The van der Waals surface area contributed by atoms with Crippen LogP contribution in [-0.4, -0.2) is 6.54 Å². The van der Waals surface area contributed by atoms with Gasteiger partial charge in [-0.1, -0.05) is 39.5 Å². The first-order valence-electron chi connectivity index (χ1n) is 6.75. The Morgan fingerprint density at radius 1 is 1.24 bits per heavy atom. The third-order valence-electron chi connectivity index (χ3n) is 3.01. The molecule has 3 heteroatoms. The molecule has 0 radical (unpaired) electrons. The Bertz CT molecular complexity index is 298. The van der Waals surface area contributed by atoms with Gasteiger partial charge in [0.2, 0.25) is 0 Å². The van der Waals surface area contributed by atoms with Gasteiger partial charge < -0.3 is 9.73 Å². The molecule has 0 aliphatic rings. The van der Waals surface area contributed by atoms with Crippen molar-refractivity contribution < 1.29 is 4.42 Å². The van der Waals surface area contributed by atoms with Gasteiger partial charge in [0.25, 0.3) is 0 Å². The lowest BCUT2D eigenvalue weighted by atomic mass is 10.0. The molecule has 0 aliphatic heterocycles. The predicted octanol–water partition coefficient (Wildman–Crippen LogP) is 5.05. The van der Waals surface area contributed by atoms with Gasteiger partial charge in [0.15, 0.2) is 4.67 Å². The Kier molecular flexibility index (Phi) is 7.62. The van der Waals surface area contributed by atoms with Gasteiger partial charge >= 0.3 is 0 Å². The highest BCUT2D eigenvalue weighted by molar-refractivity contribution is 9.10. The third-order valence-corrected chi connectivity index (χ3v) is 3.65. The van der Waals surface area contributed by atoms with Crippen molar-refractivity contribution in [3.63, 3.8) is 0 Å². The van der Waals surface area contributed by atoms with Crippen molar-refractivity contribution in [2.24, 2.45) is 0 Å². The van der Waals surface area contributed by atoms with Crippen LogP contribution in [0.1, 0.15) is 64.0 Å². The standard InChI is InChI=1S/C14H24BrNO/c1-3-5-6-7-8-13(16-10-4-2)12-9-11-17-14(12)15/h9,11,13,16H,3-8,10H2,1-2H3. The molecule has 0 aromatic carbocycles. The maximum atomic E-state index is 5.33. The molecular formula is C14H24BrNO. The van der Waals surface area contributed by atoms with E-state index in [1.54, 1.807) is 6.26 Å². The highest BCUT2D eigenvalue weighted by atomic mass is 79.9. The Morgan fingerprint density at radius 2 is 2.06 bits per heavy atom. The van der Waals surface area contributed by atoms with E-state index < -0.39 is 0 Å². The fraction of sp³-hybridized carbons (Fsp3) is 0.714. The molecule has 1 rings (SSSR count). The van der Waals surface area contributed by atoms with Gasteiger partial charge in [-0.2, -0.15) is 0 Å². The molecule has 0 bridgehead atoms. The second-order valence-electron chi connectivity index (χ2n) is 4.51. The quantitative estimate of drug-likeness (QED) is 0.645. The van der Waals surface area contributed by atoms with Crippen molar-refractivity contribution in [1.82, 2.24) is 5.32 Å². The molecule has 1 heterocycles. The van der Waals surface area contributed by atoms with Crippen LogP contribution < -0.4 is 5.32 Å². The maximum Gasteiger partial charge on any atom is 0.173 e. The van der Waals surface area contributed by atoms with Crippen molar-refractivity contribution >= 4 is 15.9 Å². The van der Waals surface area contributed by atoms with Gasteiger partial charge in [-0.15, -0.1) is 0 Å². The van der Waals surface area contributed by atoms with E-state index in [1.807, 2.05) is 0 Å². The summed E-state index contributed by atoms with van der Waals surface area (Å²) in [5.41, 5.74) is 1.26. The van der Waals surface area contributed by atoms with Gasteiger partial charge in [0.05, 0.1) is 6.26 Å². The molecule has 1 aromatic rings. The van der Waals surface area contributed by atoms with Crippen LogP contribution in [0.2, 0.25) is 0 Å². The molecule has 0 amide bonds. The summed E-state index contributed by atoms with van der Waals surface area (Å²) < 4.78 is 6.21. The highest BCUT2D eigenvalue weighted by Crippen LogP contribution is 2.28. The van der Waals surface area contributed by atoms with Crippen molar-refractivity contribution in [2.45, 2.75) is 58.4 Å². The summed E-state index contributed by atoms with van der Waals surface area (Å²) in [6.07, 6.45) is 9.36. The van der Waals surface area contributed by atoms with Crippen molar-refractivity contribution in [3.8, 4) is 0 Å². The van der Waals surface area contributed by atoms with Crippen LogP contribution in [0.5, 0.6) is 0 Å². The molecule has 1 N–H and O–H groups in total. The highest BCUT2D eigenvalue weighted by Gasteiger charge is 2.15. The molecule has 0 aliphatic carbocycles. The average Bonchev–Trinajstić information content (AvgIpc) is 2.75. The molecule has 17 heavy (non-hydrogen) atoms. The summed E-state index contributed by atoms with van der Waals surface area (Å²) in [4.78, 5) is 0. The lowest BCUT2D eigenvalue weighted by Gasteiger charge is -2.17.